The molecule has 0 aliphatic carbocycles. The van der Waals surface area contributed by atoms with Crippen LogP contribution in [0.1, 0.15) is 32.8 Å². The van der Waals surface area contributed by atoms with Crippen LogP contribution in [0.5, 0.6) is 5.75 Å². The highest BCUT2D eigenvalue weighted by molar-refractivity contribution is 5.80. The molecule has 1 amide bonds. The van der Waals surface area contributed by atoms with Crippen molar-refractivity contribution in [2.75, 3.05) is 6.54 Å². The first-order valence-electron chi connectivity index (χ1n) is 6.47. The summed E-state index contributed by atoms with van der Waals surface area (Å²) in [5.74, 6) is 0.956. The number of amides is 1. The number of ether oxygens (including phenoxy) is 1. The van der Waals surface area contributed by atoms with E-state index in [0.717, 1.165) is 6.42 Å². The van der Waals surface area contributed by atoms with Gasteiger partial charge in [-0.2, -0.15) is 5.26 Å². The van der Waals surface area contributed by atoms with Crippen LogP contribution in [-0.4, -0.2) is 18.6 Å². The van der Waals surface area contributed by atoms with Crippen LogP contribution in [0.4, 0.5) is 0 Å². The normalized spacial score (nSPS) is 11.7. The lowest BCUT2D eigenvalue weighted by atomic mass is 10.1. The number of carbonyl (C=O) groups excluding carboxylic acids is 1. The Morgan fingerprint density at radius 1 is 1.42 bits per heavy atom. The number of nitrogens with one attached hydrogen (secondary N) is 1. The van der Waals surface area contributed by atoms with Gasteiger partial charge in [0.15, 0.2) is 6.10 Å². The van der Waals surface area contributed by atoms with E-state index in [-0.39, 0.29) is 5.91 Å². The highest BCUT2D eigenvalue weighted by atomic mass is 16.5. The summed E-state index contributed by atoms with van der Waals surface area (Å²) < 4.78 is 5.51. The van der Waals surface area contributed by atoms with Crippen molar-refractivity contribution in [3.63, 3.8) is 0 Å². The van der Waals surface area contributed by atoms with Crippen LogP contribution >= 0.6 is 0 Å². The summed E-state index contributed by atoms with van der Waals surface area (Å²) >= 11 is 0. The van der Waals surface area contributed by atoms with E-state index < -0.39 is 6.10 Å². The minimum absolute atomic E-state index is 0.136. The van der Waals surface area contributed by atoms with Gasteiger partial charge in [0, 0.05) is 6.54 Å². The predicted molar refractivity (Wildman–Crippen MR) is 73.7 cm³/mol. The number of hydrogen-bond acceptors (Lipinski definition) is 3. The zero-order valence-electron chi connectivity index (χ0n) is 11.6. The third kappa shape index (κ3) is 5.43. The lowest BCUT2D eigenvalue weighted by Gasteiger charge is -2.15. The van der Waals surface area contributed by atoms with Crippen molar-refractivity contribution < 1.29 is 9.53 Å². The number of benzene rings is 1. The Labute approximate surface area is 114 Å². The molecule has 1 atom stereocenters. The van der Waals surface area contributed by atoms with Crippen LogP contribution in [0.15, 0.2) is 24.3 Å². The highest BCUT2D eigenvalue weighted by Gasteiger charge is 2.14. The molecule has 1 N–H and O–H groups in total. The van der Waals surface area contributed by atoms with Gasteiger partial charge in [0.1, 0.15) is 5.75 Å². The standard InChI is InChI=1S/C15H20N2O2/c1-11(2)7-8-17-15(18)12(3)19-14-6-4-5-13(9-14)10-16/h4-6,9,11-12H,7-8H2,1-3H3,(H,17,18). The van der Waals surface area contributed by atoms with E-state index in [9.17, 15) is 4.79 Å². The van der Waals surface area contributed by atoms with Gasteiger partial charge in [-0.1, -0.05) is 19.9 Å². The van der Waals surface area contributed by atoms with Crippen LogP contribution in [0.2, 0.25) is 0 Å². The molecule has 0 aromatic heterocycles. The Hall–Kier alpha value is -2.02. The molecule has 1 unspecified atom stereocenters. The van der Waals surface area contributed by atoms with Gasteiger partial charge in [-0.25, -0.2) is 0 Å². The van der Waals surface area contributed by atoms with Crippen LogP contribution in [-0.2, 0) is 4.79 Å². The Morgan fingerprint density at radius 2 is 2.16 bits per heavy atom. The molecule has 0 aliphatic heterocycles. The maximum Gasteiger partial charge on any atom is 0.260 e. The smallest absolute Gasteiger partial charge is 0.260 e. The Bertz CT molecular complexity index is 463. The molecular weight excluding hydrogens is 240 g/mol. The van der Waals surface area contributed by atoms with Gasteiger partial charge in [-0.05, 0) is 37.5 Å². The maximum atomic E-state index is 11.8. The zero-order valence-corrected chi connectivity index (χ0v) is 11.6. The molecule has 1 rings (SSSR count). The van der Waals surface area contributed by atoms with E-state index in [0.29, 0.717) is 23.8 Å². The minimum Gasteiger partial charge on any atom is -0.481 e. The van der Waals surface area contributed by atoms with Crippen LogP contribution in [0, 0.1) is 17.2 Å². The Balaban J connectivity index is 2.47. The number of rotatable bonds is 6. The van der Waals surface area contributed by atoms with Gasteiger partial charge >= 0.3 is 0 Å². The fraction of sp³-hybridized carbons (Fsp3) is 0.467. The largest absolute Gasteiger partial charge is 0.481 e. The summed E-state index contributed by atoms with van der Waals surface area (Å²) in [7, 11) is 0. The molecule has 0 saturated carbocycles. The molecule has 19 heavy (non-hydrogen) atoms. The van der Waals surface area contributed by atoms with E-state index in [1.54, 1.807) is 31.2 Å². The van der Waals surface area contributed by atoms with E-state index >= 15 is 0 Å². The van der Waals surface area contributed by atoms with Gasteiger partial charge in [0.25, 0.3) is 5.91 Å². The highest BCUT2D eigenvalue weighted by Crippen LogP contribution is 2.14. The van der Waals surface area contributed by atoms with Gasteiger partial charge in [-0.3, -0.25) is 4.79 Å². The Morgan fingerprint density at radius 3 is 2.79 bits per heavy atom. The van der Waals surface area contributed by atoms with Crippen molar-refractivity contribution in [1.29, 1.82) is 5.26 Å². The van der Waals surface area contributed by atoms with E-state index in [2.05, 4.69) is 19.2 Å². The third-order valence-corrected chi connectivity index (χ3v) is 2.67. The first-order chi connectivity index (χ1) is 9.02. The molecule has 0 saturated heterocycles. The molecule has 102 valence electrons. The van der Waals surface area contributed by atoms with Crippen molar-refractivity contribution in [3.05, 3.63) is 29.8 Å². The molecule has 0 radical (unpaired) electrons. The van der Waals surface area contributed by atoms with Crippen molar-refractivity contribution >= 4 is 5.91 Å². The number of carbonyl (C=O) groups is 1. The summed E-state index contributed by atoms with van der Waals surface area (Å²) in [6, 6.07) is 8.82. The maximum absolute atomic E-state index is 11.8. The van der Waals surface area contributed by atoms with E-state index in [4.69, 9.17) is 10.00 Å². The van der Waals surface area contributed by atoms with Crippen molar-refractivity contribution in [3.8, 4) is 11.8 Å². The molecule has 4 heteroatoms. The quantitative estimate of drug-likeness (QED) is 0.854. The summed E-state index contributed by atoms with van der Waals surface area (Å²) in [5.41, 5.74) is 0.518. The SMILES string of the molecule is CC(C)CCNC(=O)C(C)Oc1cccc(C#N)c1. The van der Waals surface area contributed by atoms with Gasteiger partial charge in [0.05, 0.1) is 11.6 Å². The molecule has 0 heterocycles. The number of nitriles is 1. The minimum atomic E-state index is -0.568. The molecule has 0 spiro atoms. The third-order valence-electron chi connectivity index (χ3n) is 2.67. The summed E-state index contributed by atoms with van der Waals surface area (Å²) in [5, 5.41) is 11.6. The monoisotopic (exact) mass is 260 g/mol. The van der Waals surface area contributed by atoms with Crippen LogP contribution in [0.25, 0.3) is 0 Å². The molecule has 1 aromatic rings. The fourth-order valence-corrected chi connectivity index (χ4v) is 1.52. The summed E-state index contributed by atoms with van der Waals surface area (Å²) in [4.78, 5) is 11.8. The van der Waals surface area contributed by atoms with Crippen molar-refractivity contribution in [2.45, 2.75) is 33.3 Å². The first kappa shape index (κ1) is 15.0. The topological polar surface area (TPSA) is 62.1 Å². The number of hydrogen-bond donors (Lipinski definition) is 1. The second-order valence-electron chi connectivity index (χ2n) is 4.87. The predicted octanol–water partition coefficient (Wildman–Crippen LogP) is 2.49. The van der Waals surface area contributed by atoms with Crippen LogP contribution < -0.4 is 10.1 Å². The average molecular weight is 260 g/mol. The number of nitrogens with zero attached hydrogens (tertiary/aromatic N) is 1. The molecule has 0 fully saturated rings. The average Bonchev–Trinajstić information content (AvgIpc) is 2.38. The van der Waals surface area contributed by atoms with Crippen molar-refractivity contribution in [2.24, 2.45) is 5.92 Å². The molecular formula is C15H20N2O2. The lowest BCUT2D eigenvalue weighted by molar-refractivity contribution is -0.127. The second kappa shape index (κ2) is 7.42. The van der Waals surface area contributed by atoms with Crippen LogP contribution in [0.3, 0.4) is 0 Å². The Kier molecular flexibility index (Phi) is 5.87. The zero-order chi connectivity index (χ0) is 14.3. The van der Waals surface area contributed by atoms with Gasteiger partial charge < -0.3 is 10.1 Å². The lowest BCUT2D eigenvalue weighted by Crippen LogP contribution is -2.37. The van der Waals surface area contributed by atoms with Gasteiger partial charge in [-0.15, -0.1) is 0 Å². The van der Waals surface area contributed by atoms with Crippen molar-refractivity contribution in [1.82, 2.24) is 5.32 Å². The fourth-order valence-electron chi connectivity index (χ4n) is 1.52. The summed E-state index contributed by atoms with van der Waals surface area (Å²) in [6.45, 7) is 6.57. The molecule has 0 aliphatic rings. The van der Waals surface area contributed by atoms with E-state index in [1.165, 1.54) is 0 Å². The van der Waals surface area contributed by atoms with E-state index in [1.807, 2.05) is 6.07 Å². The molecule has 0 bridgehead atoms. The first-order valence-corrected chi connectivity index (χ1v) is 6.47. The molecule has 1 aromatic carbocycles. The summed E-state index contributed by atoms with van der Waals surface area (Å²) in [6.07, 6.45) is 0.378. The van der Waals surface area contributed by atoms with Gasteiger partial charge in [0.2, 0.25) is 0 Å². The molecule has 4 nitrogen and oxygen atoms in total. The second-order valence-corrected chi connectivity index (χ2v) is 4.87.